The maximum atomic E-state index is 13.0. The number of hydrogen-bond donors (Lipinski definition) is 2. The maximum Gasteiger partial charge on any atom is 0.407 e. The number of aromatic nitrogens is 2. The van der Waals surface area contributed by atoms with Gasteiger partial charge in [-0.25, -0.2) is 14.6 Å². The summed E-state index contributed by atoms with van der Waals surface area (Å²) in [6, 6.07) is 26.5. The number of aliphatic carboxylic acids is 1. The molecule has 1 aliphatic carbocycles. The average molecular weight is 596 g/mol. The van der Waals surface area contributed by atoms with Crippen LogP contribution < -0.4 is 5.32 Å². The van der Waals surface area contributed by atoms with Crippen LogP contribution in [-0.2, 0) is 16.0 Å². The number of benzene rings is 3. The number of alkyl carbamates (subject to hydrolysis) is 1. The third-order valence-corrected chi connectivity index (χ3v) is 7.92. The number of imidazole rings is 1. The highest BCUT2D eigenvalue weighted by Crippen LogP contribution is 2.44. The Hall–Kier alpha value is -4.43. The number of carbonyl (C=O) groups is 2. The predicted octanol–water partition coefficient (Wildman–Crippen LogP) is 6.61. The summed E-state index contributed by atoms with van der Waals surface area (Å²) < 4.78 is 8.45. The first kappa shape index (κ1) is 25.8. The van der Waals surface area contributed by atoms with Crippen LogP contribution >= 0.6 is 15.9 Å². The Kier molecular flexibility index (Phi) is 6.86. The summed E-state index contributed by atoms with van der Waals surface area (Å²) in [6.45, 7) is 2.06. The highest BCUT2D eigenvalue weighted by Gasteiger charge is 2.30. The van der Waals surface area contributed by atoms with Crippen molar-refractivity contribution in [2.75, 3.05) is 6.61 Å². The molecule has 8 heteroatoms. The van der Waals surface area contributed by atoms with E-state index in [0.717, 1.165) is 43.5 Å². The monoisotopic (exact) mass is 595 g/mol. The molecule has 200 valence electrons. The lowest BCUT2D eigenvalue weighted by Crippen LogP contribution is -2.43. The first-order valence-corrected chi connectivity index (χ1v) is 13.8. The number of carboxylic acids is 1. The van der Waals surface area contributed by atoms with Crippen molar-refractivity contribution in [1.29, 1.82) is 0 Å². The van der Waals surface area contributed by atoms with Gasteiger partial charge in [-0.3, -0.25) is 0 Å². The van der Waals surface area contributed by atoms with Crippen molar-refractivity contribution in [2.24, 2.45) is 0 Å². The molecule has 0 bridgehead atoms. The summed E-state index contributed by atoms with van der Waals surface area (Å²) in [5.74, 6) is -1.27. The molecule has 2 N–H and O–H groups in total. The van der Waals surface area contributed by atoms with Gasteiger partial charge >= 0.3 is 12.1 Å². The van der Waals surface area contributed by atoms with Gasteiger partial charge in [0.2, 0.25) is 0 Å². The Morgan fingerprint density at radius 2 is 1.62 bits per heavy atom. The van der Waals surface area contributed by atoms with Crippen molar-refractivity contribution in [2.45, 2.75) is 25.3 Å². The number of carboxylic acid groups (broad SMARTS) is 1. The fraction of sp³-hybridized carbons (Fsp3) is 0.156. The molecule has 0 fully saturated rings. The molecule has 1 unspecified atom stereocenters. The van der Waals surface area contributed by atoms with Gasteiger partial charge in [0.25, 0.3) is 0 Å². The number of ether oxygens (including phenoxy) is 1. The predicted molar refractivity (Wildman–Crippen MR) is 156 cm³/mol. The fourth-order valence-corrected chi connectivity index (χ4v) is 5.73. The molecule has 1 atom stereocenters. The number of aryl methyl sites for hydroxylation is 1. The molecule has 1 amide bonds. The van der Waals surface area contributed by atoms with E-state index in [0.29, 0.717) is 11.4 Å². The second-order valence-electron chi connectivity index (χ2n) is 9.86. The van der Waals surface area contributed by atoms with Gasteiger partial charge in [0.1, 0.15) is 18.3 Å². The number of rotatable bonds is 7. The van der Waals surface area contributed by atoms with E-state index < -0.39 is 18.1 Å². The summed E-state index contributed by atoms with van der Waals surface area (Å²) in [5, 5.41) is 12.7. The number of hydrogen-bond acceptors (Lipinski definition) is 4. The molecule has 0 radical (unpaired) electrons. The van der Waals surface area contributed by atoms with Crippen molar-refractivity contribution in [3.63, 3.8) is 0 Å². The number of halogens is 1. The molecule has 2 aromatic heterocycles. The van der Waals surface area contributed by atoms with E-state index in [4.69, 9.17) is 9.72 Å². The van der Waals surface area contributed by atoms with Gasteiger partial charge in [-0.15, -0.1) is 0 Å². The molecular formula is C32H26BrN3O4. The largest absolute Gasteiger partial charge is 0.480 e. The van der Waals surface area contributed by atoms with Gasteiger partial charge in [0.15, 0.2) is 0 Å². The van der Waals surface area contributed by atoms with Crippen molar-refractivity contribution in [3.8, 4) is 22.4 Å². The second kappa shape index (κ2) is 10.6. The van der Waals surface area contributed by atoms with Crippen molar-refractivity contribution < 1.29 is 19.4 Å². The minimum atomic E-state index is -1.22. The van der Waals surface area contributed by atoms with Gasteiger partial charge in [0, 0.05) is 28.6 Å². The van der Waals surface area contributed by atoms with Gasteiger partial charge in [-0.1, -0.05) is 82.7 Å². The van der Waals surface area contributed by atoms with E-state index in [1.165, 1.54) is 0 Å². The third-order valence-electron chi connectivity index (χ3n) is 7.39. The number of pyridine rings is 1. The lowest BCUT2D eigenvalue weighted by molar-refractivity contribution is -0.139. The summed E-state index contributed by atoms with van der Waals surface area (Å²) >= 11 is 3.46. The van der Waals surface area contributed by atoms with E-state index >= 15 is 0 Å². The summed E-state index contributed by atoms with van der Waals surface area (Å²) in [7, 11) is 0. The van der Waals surface area contributed by atoms with Crippen LogP contribution in [0.25, 0.3) is 28.0 Å². The molecule has 0 aliphatic heterocycles. The van der Waals surface area contributed by atoms with Crippen LogP contribution in [-0.4, -0.2) is 39.2 Å². The molecule has 6 rings (SSSR count). The molecule has 7 nitrogen and oxygen atoms in total. The van der Waals surface area contributed by atoms with E-state index in [-0.39, 0.29) is 18.9 Å². The normalized spacial score (nSPS) is 13.1. The lowest BCUT2D eigenvalue weighted by atomic mass is 9.98. The minimum absolute atomic E-state index is 0.0234. The number of amides is 1. The zero-order valence-corrected chi connectivity index (χ0v) is 23.3. The number of nitrogens with one attached hydrogen (secondary N) is 1. The summed E-state index contributed by atoms with van der Waals surface area (Å²) in [6.07, 6.45) is 1.11. The van der Waals surface area contributed by atoms with Crippen LogP contribution in [0, 0.1) is 6.92 Å². The highest BCUT2D eigenvalue weighted by atomic mass is 79.9. The van der Waals surface area contributed by atoms with E-state index in [9.17, 15) is 14.7 Å². The van der Waals surface area contributed by atoms with Gasteiger partial charge in [0.05, 0.1) is 11.4 Å². The molecule has 5 aromatic rings. The summed E-state index contributed by atoms with van der Waals surface area (Å²) in [4.78, 5) is 30.1. The quantitative estimate of drug-likeness (QED) is 0.221. The van der Waals surface area contributed by atoms with E-state index in [1.54, 1.807) is 0 Å². The first-order chi connectivity index (χ1) is 19.4. The molecule has 0 saturated carbocycles. The third kappa shape index (κ3) is 4.75. The Labute approximate surface area is 239 Å². The number of nitrogens with zero attached hydrogens (tertiary/aromatic N) is 2. The second-order valence-corrected chi connectivity index (χ2v) is 10.8. The summed E-state index contributed by atoms with van der Waals surface area (Å²) in [5.41, 5.74) is 8.33. The Morgan fingerprint density at radius 1 is 0.975 bits per heavy atom. The zero-order chi connectivity index (χ0) is 27.8. The molecule has 2 heterocycles. The molecular weight excluding hydrogens is 570 g/mol. The standard InChI is InChI=1S/C32H26BrN3O4/c1-19-7-6-16-36-28(29(35-30(19)36)20-12-14-21(33)15-13-20)17-27(31(37)38)34-32(39)40-18-26-24-10-4-2-8-22(24)23-9-3-5-11-25(23)26/h2-16,26-27H,17-18H2,1H3,(H,34,39)(H,37,38). The Balaban J connectivity index is 1.24. The highest BCUT2D eigenvalue weighted by molar-refractivity contribution is 9.10. The Bertz CT molecular complexity index is 1700. The lowest BCUT2D eigenvalue weighted by Gasteiger charge is -2.18. The molecule has 1 aliphatic rings. The molecule has 0 saturated heterocycles. The zero-order valence-electron chi connectivity index (χ0n) is 21.7. The molecule has 40 heavy (non-hydrogen) atoms. The van der Waals surface area contributed by atoms with Gasteiger partial charge in [-0.05, 0) is 52.9 Å². The van der Waals surface area contributed by atoms with E-state index in [1.807, 2.05) is 90.3 Å². The molecule has 0 spiro atoms. The average Bonchev–Trinajstić information content (AvgIpc) is 3.48. The van der Waals surface area contributed by atoms with Crippen LogP contribution in [0.2, 0.25) is 0 Å². The number of carbonyl (C=O) groups excluding carboxylic acids is 1. The van der Waals surface area contributed by atoms with E-state index in [2.05, 4.69) is 33.4 Å². The van der Waals surface area contributed by atoms with Crippen LogP contribution in [0.15, 0.2) is 95.6 Å². The van der Waals surface area contributed by atoms with Crippen molar-refractivity contribution in [1.82, 2.24) is 14.7 Å². The van der Waals surface area contributed by atoms with Crippen LogP contribution in [0.5, 0.6) is 0 Å². The maximum absolute atomic E-state index is 13.0. The first-order valence-electron chi connectivity index (χ1n) is 13.0. The van der Waals surface area contributed by atoms with Crippen molar-refractivity contribution >= 4 is 33.6 Å². The smallest absolute Gasteiger partial charge is 0.407 e. The Morgan fingerprint density at radius 3 is 2.27 bits per heavy atom. The van der Waals surface area contributed by atoms with Crippen LogP contribution in [0.4, 0.5) is 4.79 Å². The minimum Gasteiger partial charge on any atom is -0.480 e. The van der Waals surface area contributed by atoms with Crippen LogP contribution in [0.1, 0.15) is 28.3 Å². The van der Waals surface area contributed by atoms with Crippen molar-refractivity contribution in [3.05, 3.63) is 118 Å². The topological polar surface area (TPSA) is 92.9 Å². The van der Waals surface area contributed by atoms with Gasteiger partial charge in [-0.2, -0.15) is 0 Å². The van der Waals surface area contributed by atoms with Gasteiger partial charge < -0.3 is 19.6 Å². The number of fused-ring (bicyclic) bond motifs is 4. The SMILES string of the molecule is Cc1cccn2c(CC(NC(=O)OCC3c4ccccc4-c4ccccc43)C(=O)O)c(-c3ccc(Br)cc3)nc12. The molecule has 3 aromatic carbocycles. The fourth-order valence-electron chi connectivity index (χ4n) is 5.46. The van der Waals surface area contributed by atoms with Crippen LogP contribution in [0.3, 0.4) is 0 Å².